The van der Waals surface area contributed by atoms with E-state index in [9.17, 15) is 0 Å². The first-order valence-electron chi connectivity index (χ1n) is 8.87. The molecule has 0 saturated heterocycles. The molecule has 0 bridgehead atoms. The Morgan fingerprint density at radius 3 is 2.50 bits per heavy atom. The van der Waals surface area contributed by atoms with Gasteiger partial charge in [-0.3, -0.25) is 0 Å². The molecule has 0 N–H and O–H groups in total. The summed E-state index contributed by atoms with van der Waals surface area (Å²) in [5, 5.41) is 0. The number of fused-ring (bicyclic) bond motifs is 1. The Balaban J connectivity index is 1.83. The van der Waals surface area contributed by atoms with Crippen molar-refractivity contribution in [3.05, 3.63) is 59.9 Å². The lowest BCUT2D eigenvalue weighted by atomic mass is 10.1. The first-order chi connectivity index (χ1) is 11.7. The highest BCUT2D eigenvalue weighted by Crippen LogP contribution is 2.21. The van der Waals surface area contributed by atoms with Crippen molar-refractivity contribution in [2.45, 2.75) is 46.8 Å². The fourth-order valence-corrected chi connectivity index (χ4v) is 2.85. The molecule has 3 heteroatoms. The monoisotopic (exact) mass is 322 g/mol. The van der Waals surface area contributed by atoms with Crippen LogP contribution in [-0.4, -0.2) is 9.55 Å². The summed E-state index contributed by atoms with van der Waals surface area (Å²) in [5.41, 5.74) is 3.56. The molecule has 0 radical (unpaired) electrons. The zero-order valence-electron chi connectivity index (χ0n) is 14.8. The predicted octanol–water partition coefficient (Wildman–Crippen LogP) is 5.22. The van der Waals surface area contributed by atoms with E-state index in [1.807, 2.05) is 18.2 Å². The third kappa shape index (κ3) is 3.61. The molecular weight excluding hydrogens is 296 g/mol. The van der Waals surface area contributed by atoms with Crippen LogP contribution in [0.5, 0.6) is 5.75 Å². The number of hydrogen-bond donors (Lipinski definition) is 0. The maximum atomic E-state index is 5.99. The molecular formula is C21H26N2O. The van der Waals surface area contributed by atoms with Crippen molar-refractivity contribution in [2.24, 2.45) is 5.92 Å². The molecule has 0 spiro atoms. The van der Waals surface area contributed by atoms with E-state index >= 15 is 0 Å². The lowest BCUT2D eigenvalue weighted by Gasteiger charge is -2.14. The van der Waals surface area contributed by atoms with Crippen LogP contribution in [0.3, 0.4) is 0 Å². The molecule has 1 aromatic heterocycles. The van der Waals surface area contributed by atoms with Gasteiger partial charge in [0.05, 0.1) is 11.0 Å². The van der Waals surface area contributed by atoms with Gasteiger partial charge in [0.2, 0.25) is 0 Å². The summed E-state index contributed by atoms with van der Waals surface area (Å²) in [6.07, 6.45) is 2.20. The minimum Gasteiger partial charge on any atom is -0.486 e. The number of ether oxygens (including phenoxy) is 1. The number of benzene rings is 2. The predicted molar refractivity (Wildman–Crippen MR) is 99.3 cm³/mol. The Hall–Kier alpha value is -2.29. The van der Waals surface area contributed by atoms with Crippen LogP contribution in [0.2, 0.25) is 0 Å². The number of nitrogens with zero attached hydrogens (tertiary/aromatic N) is 2. The van der Waals surface area contributed by atoms with Crippen LogP contribution in [0.1, 0.15) is 38.6 Å². The van der Waals surface area contributed by atoms with Gasteiger partial charge in [-0.15, -0.1) is 0 Å². The summed E-state index contributed by atoms with van der Waals surface area (Å²) in [6.45, 7) is 8.15. The van der Waals surface area contributed by atoms with Crippen molar-refractivity contribution in [2.75, 3.05) is 0 Å². The highest BCUT2D eigenvalue weighted by molar-refractivity contribution is 5.75. The largest absolute Gasteiger partial charge is 0.486 e. The molecule has 0 saturated carbocycles. The molecule has 1 heterocycles. The highest BCUT2D eigenvalue weighted by Gasteiger charge is 2.13. The number of aromatic nitrogens is 2. The number of aryl methyl sites for hydroxylation is 1. The average Bonchev–Trinajstić information content (AvgIpc) is 2.98. The number of rotatable bonds is 7. The molecule has 126 valence electrons. The van der Waals surface area contributed by atoms with E-state index in [1.54, 1.807) is 0 Å². The highest BCUT2D eigenvalue weighted by atomic mass is 16.5. The van der Waals surface area contributed by atoms with E-state index in [4.69, 9.17) is 9.72 Å². The zero-order chi connectivity index (χ0) is 16.9. The number of para-hydroxylation sites is 2. The lowest BCUT2D eigenvalue weighted by Crippen LogP contribution is -2.12. The molecule has 24 heavy (non-hydrogen) atoms. The minimum atomic E-state index is 0.497. The Bertz CT molecular complexity index is 789. The quantitative estimate of drug-likeness (QED) is 0.596. The maximum absolute atomic E-state index is 5.99. The minimum absolute atomic E-state index is 0.497. The first kappa shape index (κ1) is 16.6. The molecule has 1 unspecified atom stereocenters. The molecule has 0 fully saturated rings. The topological polar surface area (TPSA) is 27.1 Å². The van der Waals surface area contributed by atoms with Crippen molar-refractivity contribution < 1.29 is 4.74 Å². The smallest absolute Gasteiger partial charge is 0.148 e. The van der Waals surface area contributed by atoms with Gasteiger partial charge in [-0.2, -0.15) is 0 Å². The van der Waals surface area contributed by atoms with Gasteiger partial charge < -0.3 is 9.30 Å². The summed E-state index contributed by atoms with van der Waals surface area (Å²) in [4.78, 5) is 4.79. The summed E-state index contributed by atoms with van der Waals surface area (Å²) >= 11 is 0. The summed E-state index contributed by atoms with van der Waals surface area (Å²) in [7, 11) is 0. The van der Waals surface area contributed by atoms with Gasteiger partial charge in [0.1, 0.15) is 18.2 Å². The normalized spacial score (nSPS) is 12.5. The Morgan fingerprint density at radius 1 is 1.04 bits per heavy atom. The molecule has 3 rings (SSSR count). The second-order valence-electron chi connectivity index (χ2n) is 6.43. The van der Waals surface area contributed by atoms with Crippen LogP contribution < -0.4 is 4.74 Å². The van der Waals surface area contributed by atoms with E-state index < -0.39 is 0 Å². The standard InChI is InChI=1S/C21H26N2O/c1-4-16(3)14-23-20-9-7-6-8-19(20)22-21(23)15-24-18-12-10-17(5-2)11-13-18/h6-13,16H,4-5,14-15H2,1-3H3. The van der Waals surface area contributed by atoms with Crippen molar-refractivity contribution in [3.63, 3.8) is 0 Å². The van der Waals surface area contributed by atoms with Gasteiger partial charge >= 0.3 is 0 Å². The second kappa shape index (κ2) is 7.52. The summed E-state index contributed by atoms with van der Waals surface area (Å²) in [5.74, 6) is 2.51. The number of imidazole rings is 1. The van der Waals surface area contributed by atoms with Gasteiger partial charge in [0.25, 0.3) is 0 Å². The lowest BCUT2D eigenvalue weighted by molar-refractivity contribution is 0.286. The Kier molecular flexibility index (Phi) is 5.19. The zero-order valence-corrected chi connectivity index (χ0v) is 14.8. The Morgan fingerprint density at radius 2 is 1.79 bits per heavy atom. The van der Waals surface area contributed by atoms with E-state index in [1.165, 1.54) is 11.1 Å². The molecule has 3 nitrogen and oxygen atoms in total. The molecule has 3 aromatic rings. The van der Waals surface area contributed by atoms with Crippen molar-refractivity contribution in [1.29, 1.82) is 0 Å². The third-order valence-corrected chi connectivity index (χ3v) is 4.62. The SMILES string of the molecule is CCc1ccc(OCc2nc3ccccc3n2CC(C)CC)cc1. The molecule has 1 atom stereocenters. The molecule has 0 amide bonds. The molecule has 2 aromatic carbocycles. The van der Waals surface area contributed by atoms with Gasteiger partial charge in [-0.1, -0.05) is 51.5 Å². The van der Waals surface area contributed by atoms with Gasteiger partial charge in [-0.05, 0) is 42.2 Å². The van der Waals surface area contributed by atoms with E-state index in [-0.39, 0.29) is 0 Å². The van der Waals surface area contributed by atoms with Crippen LogP contribution >= 0.6 is 0 Å². The van der Waals surface area contributed by atoms with Gasteiger partial charge in [0, 0.05) is 6.54 Å². The van der Waals surface area contributed by atoms with Gasteiger partial charge in [-0.25, -0.2) is 4.98 Å². The fraction of sp³-hybridized carbons (Fsp3) is 0.381. The third-order valence-electron chi connectivity index (χ3n) is 4.62. The summed E-state index contributed by atoms with van der Waals surface area (Å²) < 4.78 is 8.30. The molecule has 0 aliphatic carbocycles. The first-order valence-corrected chi connectivity index (χ1v) is 8.87. The molecule has 0 aliphatic heterocycles. The van der Waals surface area contributed by atoms with Crippen molar-refractivity contribution in [1.82, 2.24) is 9.55 Å². The van der Waals surface area contributed by atoms with E-state index in [2.05, 4.69) is 55.7 Å². The van der Waals surface area contributed by atoms with Crippen LogP contribution in [0.15, 0.2) is 48.5 Å². The summed E-state index contributed by atoms with van der Waals surface area (Å²) in [6, 6.07) is 16.7. The second-order valence-corrected chi connectivity index (χ2v) is 6.43. The van der Waals surface area contributed by atoms with Crippen LogP contribution in [0.25, 0.3) is 11.0 Å². The van der Waals surface area contributed by atoms with E-state index in [0.717, 1.165) is 36.5 Å². The van der Waals surface area contributed by atoms with Gasteiger partial charge in [0.15, 0.2) is 0 Å². The van der Waals surface area contributed by atoms with Crippen LogP contribution in [0.4, 0.5) is 0 Å². The van der Waals surface area contributed by atoms with Crippen molar-refractivity contribution >= 4 is 11.0 Å². The average molecular weight is 322 g/mol. The van der Waals surface area contributed by atoms with Crippen molar-refractivity contribution in [3.8, 4) is 5.75 Å². The Labute approximate surface area is 144 Å². The molecule has 0 aliphatic rings. The fourth-order valence-electron chi connectivity index (χ4n) is 2.85. The number of hydrogen-bond acceptors (Lipinski definition) is 2. The van der Waals surface area contributed by atoms with Crippen LogP contribution in [-0.2, 0) is 19.6 Å². The maximum Gasteiger partial charge on any atom is 0.148 e. The van der Waals surface area contributed by atoms with Crippen LogP contribution in [0, 0.1) is 5.92 Å². The van der Waals surface area contributed by atoms with E-state index in [0.29, 0.717) is 12.5 Å².